The molecular formula is C20H18F3N5O2. The molecule has 30 heavy (non-hydrogen) atoms. The van der Waals surface area contributed by atoms with E-state index in [9.17, 15) is 18.0 Å². The highest BCUT2D eigenvalue weighted by Crippen LogP contribution is 2.28. The van der Waals surface area contributed by atoms with Gasteiger partial charge in [0.2, 0.25) is 5.91 Å². The zero-order valence-corrected chi connectivity index (χ0v) is 16.0. The fraction of sp³-hybridized carbons (Fsp3) is 0.300. The highest BCUT2D eigenvalue weighted by Gasteiger charge is 2.35. The fourth-order valence-electron chi connectivity index (χ4n) is 3.32. The molecule has 1 aromatic carbocycles. The van der Waals surface area contributed by atoms with Gasteiger partial charge in [0.1, 0.15) is 11.6 Å². The van der Waals surface area contributed by atoms with E-state index in [2.05, 4.69) is 19.8 Å². The summed E-state index contributed by atoms with van der Waals surface area (Å²) in [7, 11) is 1.82. The molecule has 156 valence electrons. The Kier molecular flexibility index (Phi) is 5.15. The number of carbonyl (C=O) groups is 1. The number of alkyl halides is 3. The van der Waals surface area contributed by atoms with Crippen LogP contribution in [0, 0.1) is 0 Å². The van der Waals surface area contributed by atoms with E-state index in [0.717, 1.165) is 11.4 Å². The lowest BCUT2D eigenvalue weighted by atomic mass is 9.98. The third-order valence-electron chi connectivity index (χ3n) is 4.85. The van der Waals surface area contributed by atoms with Crippen LogP contribution < -0.4 is 4.74 Å². The molecule has 1 fully saturated rings. The van der Waals surface area contributed by atoms with Crippen LogP contribution in [0.2, 0.25) is 0 Å². The molecule has 0 atom stereocenters. The van der Waals surface area contributed by atoms with Crippen molar-refractivity contribution in [1.82, 2.24) is 24.6 Å². The van der Waals surface area contributed by atoms with Gasteiger partial charge in [-0.15, -0.1) is 13.2 Å². The largest absolute Gasteiger partial charge is 0.573 e. The second kappa shape index (κ2) is 7.77. The maximum atomic E-state index is 12.5. The van der Waals surface area contributed by atoms with Crippen molar-refractivity contribution in [1.29, 1.82) is 0 Å². The third-order valence-corrected chi connectivity index (χ3v) is 4.85. The standard InChI is InChI=1S/C20H18F3N5O2/c1-27-19(25-18(26-27)14-6-8-24-9-7-14)15-11-28(12-15)17(29)10-13-2-4-16(5-3-13)30-20(21,22)23/h2-9,15H,10-12H2,1H3. The highest BCUT2D eigenvalue weighted by molar-refractivity contribution is 5.79. The Morgan fingerprint density at radius 2 is 1.80 bits per heavy atom. The number of amides is 1. The Labute approximate surface area is 170 Å². The molecule has 0 bridgehead atoms. The quantitative estimate of drug-likeness (QED) is 0.638. The highest BCUT2D eigenvalue weighted by atomic mass is 19.4. The monoisotopic (exact) mass is 417 g/mol. The van der Waals surface area contributed by atoms with Gasteiger partial charge >= 0.3 is 6.36 Å². The van der Waals surface area contributed by atoms with Crippen molar-refractivity contribution in [2.24, 2.45) is 7.05 Å². The lowest BCUT2D eigenvalue weighted by Crippen LogP contribution is -2.49. The van der Waals surface area contributed by atoms with Gasteiger partial charge in [-0.25, -0.2) is 4.98 Å². The van der Waals surface area contributed by atoms with Crippen LogP contribution in [0.25, 0.3) is 11.4 Å². The number of ether oxygens (including phenoxy) is 1. The Morgan fingerprint density at radius 3 is 2.43 bits per heavy atom. The lowest BCUT2D eigenvalue weighted by molar-refractivity contribution is -0.274. The van der Waals surface area contributed by atoms with Gasteiger partial charge in [-0.1, -0.05) is 12.1 Å². The van der Waals surface area contributed by atoms with Crippen LogP contribution in [0.3, 0.4) is 0 Å². The number of hydrogen-bond acceptors (Lipinski definition) is 5. The number of halogens is 3. The van der Waals surface area contributed by atoms with Crippen LogP contribution in [0.1, 0.15) is 17.3 Å². The molecule has 0 saturated carbocycles. The van der Waals surface area contributed by atoms with Crippen molar-refractivity contribution in [3.63, 3.8) is 0 Å². The topological polar surface area (TPSA) is 73.1 Å². The van der Waals surface area contributed by atoms with E-state index in [1.54, 1.807) is 22.0 Å². The van der Waals surface area contributed by atoms with Crippen LogP contribution in [0.4, 0.5) is 13.2 Å². The molecule has 0 radical (unpaired) electrons. The molecule has 1 aliphatic heterocycles. The molecule has 0 unspecified atom stereocenters. The lowest BCUT2D eigenvalue weighted by Gasteiger charge is -2.38. The Hall–Kier alpha value is -3.43. The molecule has 0 N–H and O–H groups in total. The minimum absolute atomic E-state index is 0.0876. The van der Waals surface area contributed by atoms with E-state index in [-0.39, 0.29) is 24.0 Å². The number of nitrogens with zero attached hydrogens (tertiary/aromatic N) is 5. The zero-order valence-electron chi connectivity index (χ0n) is 16.0. The molecule has 2 aromatic heterocycles. The summed E-state index contributed by atoms with van der Waals surface area (Å²) in [5.74, 6) is 1.10. The second-order valence-corrected chi connectivity index (χ2v) is 7.02. The molecular weight excluding hydrogens is 399 g/mol. The predicted octanol–water partition coefficient (Wildman–Crippen LogP) is 2.94. The first-order valence-electron chi connectivity index (χ1n) is 9.22. The van der Waals surface area contributed by atoms with E-state index < -0.39 is 6.36 Å². The van der Waals surface area contributed by atoms with E-state index >= 15 is 0 Å². The van der Waals surface area contributed by atoms with Gasteiger partial charge in [0.05, 0.1) is 12.3 Å². The first-order chi connectivity index (χ1) is 14.3. The number of likely N-dealkylation sites (tertiary alicyclic amines) is 1. The molecule has 1 amide bonds. The number of carbonyl (C=O) groups excluding carboxylic acids is 1. The van der Waals surface area contributed by atoms with Gasteiger partial charge in [-0.2, -0.15) is 5.10 Å². The summed E-state index contributed by atoms with van der Waals surface area (Å²) in [6, 6.07) is 8.99. The molecule has 7 nitrogen and oxygen atoms in total. The first kappa shape index (κ1) is 19.9. The second-order valence-electron chi connectivity index (χ2n) is 7.02. The fourth-order valence-corrected chi connectivity index (χ4v) is 3.32. The summed E-state index contributed by atoms with van der Waals surface area (Å²) < 4.78 is 42.2. The molecule has 3 heterocycles. The summed E-state index contributed by atoms with van der Waals surface area (Å²) in [5, 5.41) is 4.44. The maximum Gasteiger partial charge on any atom is 0.573 e. The van der Waals surface area contributed by atoms with Crippen molar-refractivity contribution in [2.75, 3.05) is 13.1 Å². The number of aromatic nitrogens is 4. The summed E-state index contributed by atoms with van der Waals surface area (Å²) >= 11 is 0. The number of benzene rings is 1. The van der Waals surface area contributed by atoms with Gasteiger partial charge in [0.25, 0.3) is 0 Å². The minimum atomic E-state index is -4.74. The predicted molar refractivity (Wildman–Crippen MR) is 100 cm³/mol. The van der Waals surface area contributed by atoms with E-state index in [0.29, 0.717) is 24.5 Å². The normalized spacial score (nSPS) is 14.5. The summed E-state index contributed by atoms with van der Waals surface area (Å²) in [6.07, 6.45) is -1.27. The van der Waals surface area contributed by atoms with Gasteiger partial charge in [-0.05, 0) is 29.8 Å². The zero-order chi connectivity index (χ0) is 21.3. The number of rotatable bonds is 5. The molecule has 1 saturated heterocycles. The molecule has 10 heteroatoms. The SMILES string of the molecule is Cn1nc(-c2ccncc2)nc1C1CN(C(=O)Cc2ccc(OC(F)(F)F)cc2)C1. The van der Waals surface area contributed by atoms with E-state index in [4.69, 9.17) is 0 Å². The van der Waals surface area contributed by atoms with Crippen LogP contribution in [-0.2, 0) is 18.3 Å². The number of aryl methyl sites for hydroxylation is 1. The van der Waals surface area contributed by atoms with Crippen LogP contribution in [-0.4, -0.2) is 50.0 Å². The maximum absolute atomic E-state index is 12.5. The summed E-state index contributed by atoms with van der Waals surface area (Å²) in [4.78, 5) is 22.7. The van der Waals surface area contributed by atoms with Crippen molar-refractivity contribution < 1.29 is 22.7 Å². The molecule has 1 aliphatic rings. The van der Waals surface area contributed by atoms with Crippen molar-refractivity contribution in [3.8, 4) is 17.1 Å². The van der Waals surface area contributed by atoms with Gasteiger partial charge in [-0.3, -0.25) is 14.5 Å². The number of pyridine rings is 1. The number of hydrogen-bond donors (Lipinski definition) is 0. The van der Waals surface area contributed by atoms with Crippen molar-refractivity contribution in [2.45, 2.75) is 18.7 Å². The molecule has 0 spiro atoms. The van der Waals surface area contributed by atoms with Gasteiger partial charge < -0.3 is 9.64 Å². The van der Waals surface area contributed by atoms with E-state index in [1.807, 2.05) is 19.2 Å². The summed E-state index contributed by atoms with van der Waals surface area (Å²) in [5.41, 5.74) is 1.49. The Balaban J connectivity index is 1.33. The molecule has 0 aliphatic carbocycles. The van der Waals surface area contributed by atoms with Crippen molar-refractivity contribution in [3.05, 3.63) is 60.2 Å². The van der Waals surface area contributed by atoms with Crippen molar-refractivity contribution >= 4 is 5.91 Å². The summed E-state index contributed by atoms with van der Waals surface area (Å²) in [6.45, 7) is 1.05. The van der Waals surface area contributed by atoms with Gasteiger partial charge in [0.15, 0.2) is 5.82 Å². The third kappa shape index (κ3) is 4.42. The molecule has 4 rings (SSSR count). The van der Waals surface area contributed by atoms with Gasteiger partial charge in [0, 0.05) is 38.1 Å². The van der Waals surface area contributed by atoms with Crippen LogP contribution >= 0.6 is 0 Å². The van der Waals surface area contributed by atoms with Crippen LogP contribution in [0.15, 0.2) is 48.8 Å². The van der Waals surface area contributed by atoms with Crippen LogP contribution in [0.5, 0.6) is 5.75 Å². The molecule has 3 aromatic rings. The first-order valence-corrected chi connectivity index (χ1v) is 9.22. The van der Waals surface area contributed by atoms with E-state index in [1.165, 1.54) is 24.3 Å². The Bertz CT molecular complexity index is 1030. The average Bonchev–Trinajstić information content (AvgIpc) is 3.03. The minimum Gasteiger partial charge on any atom is -0.406 e. The average molecular weight is 417 g/mol. The Morgan fingerprint density at radius 1 is 1.13 bits per heavy atom. The smallest absolute Gasteiger partial charge is 0.406 e.